The van der Waals surface area contributed by atoms with Gasteiger partial charge >= 0.3 is 0 Å². The molecular formula is C9H10Cl2OS. The van der Waals surface area contributed by atoms with Crippen LogP contribution in [0.4, 0.5) is 0 Å². The quantitative estimate of drug-likeness (QED) is 0.770. The van der Waals surface area contributed by atoms with Crippen LogP contribution in [0.25, 0.3) is 0 Å². The highest BCUT2D eigenvalue weighted by atomic mass is 35.5. The lowest BCUT2D eigenvalue weighted by Gasteiger charge is -2.09. The molecule has 13 heavy (non-hydrogen) atoms. The van der Waals surface area contributed by atoms with Crippen molar-refractivity contribution < 1.29 is 4.21 Å². The first-order chi connectivity index (χ1) is 6.02. The van der Waals surface area contributed by atoms with Gasteiger partial charge in [-0.2, -0.15) is 0 Å². The van der Waals surface area contributed by atoms with Crippen LogP contribution in [0.3, 0.4) is 0 Å². The van der Waals surface area contributed by atoms with Crippen molar-refractivity contribution in [2.24, 2.45) is 0 Å². The van der Waals surface area contributed by atoms with E-state index in [-0.39, 0.29) is 5.25 Å². The van der Waals surface area contributed by atoms with E-state index in [4.69, 9.17) is 23.2 Å². The highest BCUT2D eigenvalue weighted by Gasteiger charge is 2.10. The lowest BCUT2D eigenvalue weighted by molar-refractivity contribution is 0.680. The highest BCUT2D eigenvalue weighted by Crippen LogP contribution is 2.27. The van der Waals surface area contributed by atoms with Gasteiger partial charge in [-0.15, -0.1) is 0 Å². The molecule has 0 fully saturated rings. The third-order valence-corrected chi connectivity index (χ3v) is 3.92. The zero-order valence-electron chi connectivity index (χ0n) is 7.38. The van der Waals surface area contributed by atoms with E-state index in [1.165, 1.54) is 0 Å². The minimum Gasteiger partial charge on any atom is -0.259 e. The Morgan fingerprint density at radius 3 is 2.38 bits per heavy atom. The third kappa shape index (κ3) is 2.70. The smallest absolute Gasteiger partial charge is 0.0595 e. The van der Waals surface area contributed by atoms with Crippen LogP contribution in [0.1, 0.15) is 17.7 Å². The maximum absolute atomic E-state index is 11.2. The molecule has 0 saturated heterocycles. The Kier molecular flexibility index (Phi) is 3.77. The van der Waals surface area contributed by atoms with Crippen molar-refractivity contribution >= 4 is 34.0 Å². The maximum Gasteiger partial charge on any atom is 0.0595 e. The van der Waals surface area contributed by atoms with E-state index in [9.17, 15) is 4.21 Å². The van der Waals surface area contributed by atoms with Gasteiger partial charge in [0.05, 0.1) is 15.3 Å². The molecule has 1 aromatic rings. The van der Waals surface area contributed by atoms with Gasteiger partial charge in [-0.05, 0) is 24.6 Å². The molecule has 0 aliphatic rings. The Bertz CT molecular complexity index is 338. The molecule has 1 nitrogen and oxygen atoms in total. The molecule has 0 spiro atoms. The zero-order chi connectivity index (χ0) is 10.0. The molecule has 2 unspecified atom stereocenters. The molecule has 4 heteroatoms. The van der Waals surface area contributed by atoms with Crippen molar-refractivity contribution in [2.45, 2.75) is 12.2 Å². The number of halogens is 2. The normalized spacial score (nSPS) is 15.4. The van der Waals surface area contributed by atoms with E-state index in [0.29, 0.717) is 10.0 Å². The average molecular weight is 237 g/mol. The molecule has 0 bridgehead atoms. The fourth-order valence-electron chi connectivity index (χ4n) is 0.957. The predicted molar refractivity (Wildman–Crippen MR) is 58.9 cm³/mol. The zero-order valence-corrected chi connectivity index (χ0v) is 9.71. The van der Waals surface area contributed by atoms with Gasteiger partial charge in [0.15, 0.2) is 0 Å². The average Bonchev–Trinajstić information content (AvgIpc) is 2.08. The Morgan fingerprint density at radius 1 is 1.31 bits per heavy atom. The van der Waals surface area contributed by atoms with Gasteiger partial charge in [0, 0.05) is 17.1 Å². The molecule has 0 radical (unpaired) electrons. The summed E-state index contributed by atoms with van der Waals surface area (Å²) in [5.74, 6) is 0. The fraction of sp³-hybridized carbons (Fsp3) is 0.333. The van der Waals surface area contributed by atoms with E-state index in [1.807, 2.05) is 13.0 Å². The van der Waals surface area contributed by atoms with E-state index in [1.54, 1.807) is 18.4 Å². The summed E-state index contributed by atoms with van der Waals surface area (Å²) in [4.78, 5) is 0. The SMILES string of the molecule is CC(c1ccc(Cl)c(Cl)c1)S(C)=O. The maximum atomic E-state index is 11.2. The van der Waals surface area contributed by atoms with Crippen molar-refractivity contribution in [1.29, 1.82) is 0 Å². The first kappa shape index (κ1) is 11.0. The van der Waals surface area contributed by atoms with E-state index >= 15 is 0 Å². The first-order valence-electron chi connectivity index (χ1n) is 3.79. The first-order valence-corrected chi connectivity index (χ1v) is 6.17. The molecule has 0 aromatic heterocycles. The second-order valence-electron chi connectivity index (χ2n) is 2.81. The fourth-order valence-corrected chi connectivity index (χ4v) is 1.79. The molecule has 1 aromatic carbocycles. The molecular weight excluding hydrogens is 227 g/mol. The van der Waals surface area contributed by atoms with Crippen LogP contribution >= 0.6 is 23.2 Å². The summed E-state index contributed by atoms with van der Waals surface area (Å²) in [6.07, 6.45) is 1.67. The van der Waals surface area contributed by atoms with Gasteiger partial charge in [-0.1, -0.05) is 29.3 Å². The largest absolute Gasteiger partial charge is 0.259 e. The monoisotopic (exact) mass is 236 g/mol. The van der Waals surface area contributed by atoms with E-state index in [0.717, 1.165) is 5.56 Å². The van der Waals surface area contributed by atoms with Crippen LogP contribution in [0.2, 0.25) is 10.0 Å². The summed E-state index contributed by atoms with van der Waals surface area (Å²) in [5.41, 5.74) is 0.954. The van der Waals surface area contributed by atoms with Gasteiger partial charge in [0.25, 0.3) is 0 Å². The van der Waals surface area contributed by atoms with Crippen molar-refractivity contribution in [3.8, 4) is 0 Å². The van der Waals surface area contributed by atoms with Crippen LogP contribution in [-0.4, -0.2) is 10.5 Å². The van der Waals surface area contributed by atoms with E-state index < -0.39 is 10.8 Å². The Hall–Kier alpha value is -0.0500. The molecule has 0 amide bonds. The minimum absolute atomic E-state index is 0.00485. The van der Waals surface area contributed by atoms with Crippen LogP contribution < -0.4 is 0 Å². The highest BCUT2D eigenvalue weighted by molar-refractivity contribution is 7.84. The third-order valence-electron chi connectivity index (χ3n) is 1.91. The molecule has 0 N–H and O–H groups in total. The number of hydrogen-bond donors (Lipinski definition) is 0. The van der Waals surface area contributed by atoms with Crippen molar-refractivity contribution in [3.05, 3.63) is 33.8 Å². The summed E-state index contributed by atoms with van der Waals surface area (Å²) >= 11 is 11.6. The predicted octanol–water partition coefficient (Wildman–Crippen LogP) is 3.43. The summed E-state index contributed by atoms with van der Waals surface area (Å²) in [5, 5.41) is 1.03. The standard InChI is InChI=1S/C9H10Cl2OS/c1-6(13(2)12)7-3-4-8(10)9(11)5-7/h3-6H,1-2H3. The molecule has 1 rings (SSSR count). The van der Waals surface area contributed by atoms with Gasteiger partial charge < -0.3 is 0 Å². The lowest BCUT2D eigenvalue weighted by atomic mass is 10.2. The molecule has 0 heterocycles. The Balaban J connectivity index is 3.03. The molecule has 0 saturated carbocycles. The van der Waals surface area contributed by atoms with Crippen LogP contribution in [0.5, 0.6) is 0 Å². The Morgan fingerprint density at radius 2 is 1.92 bits per heavy atom. The van der Waals surface area contributed by atoms with Gasteiger partial charge in [-0.25, -0.2) is 0 Å². The van der Waals surface area contributed by atoms with Crippen LogP contribution in [0.15, 0.2) is 18.2 Å². The molecule has 72 valence electrons. The second kappa shape index (κ2) is 4.45. The molecule has 0 aliphatic heterocycles. The van der Waals surface area contributed by atoms with Gasteiger partial charge in [-0.3, -0.25) is 4.21 Å². The van der Waals surface area contributed by atoms with Gasteiger partial charge in [0.1, 0.15) is 0 Å². The minimum atomic E-state index is -0.878. The molecule has 0 aliphatic carbocycles. The van der Waals surface area contributed by atoms with Crippen molar-refractivity contribution in [2.75, 3.05) is 6.26 Å². The van der Waals surface area contributed by atoms with Crippen LogP contribution in [0, 0.1) is 0 Å². The topological polar surface area (TPSA) is 17.1 Å². The van der Waals surface area contributed by atoms with E-state index in [2.05, 4.69) is 0 Å². The summed E-state index contributed by atoms with van der Waals surface area (Å²) in [6.45, 7) is 1.90. The number of hydrogen-bond acceptors (Lipinski definition) is 1. The van der Waals surface area contributed by atoms with Crippen LogP contribution in [-0.2, 0) is 10.8 Å². The molecule has 2 atom stereocenters. The second-order valence-corrected chi connectivity index (χ2v) is 5.33. The van der Waals surface area contributed by atoms with Gasteiger partial charge in [0.2, 0.25) is 0 Å². The van der Waals surface area contributed by atoms with Crippen molar-refractivity contribution in [1.82, 2.24) is 0 Å². The summed E-state index contributed by atoms with van der Waals surface area (Å²) in [7, 11) is -0.878. The number of benzene rings is 1. The lowest BCUT2D eigenvalue weighted by Crippen LogP contribution is -1.99. The Labute approximate surface area is 90.5 Å². The summed E-state index contributed by atoms with van der Waals surface area (Å²) in [6, 6.07) is 5.33. The summed E-state index contributed by atoms with van der Waals surface area (Å²) < 4.78 is 11.2. The van der Waals surface area contributed by atoms with Crippen molar-refractivity contribution in [3.63, 3.8) is 0 Å². The number of rotatable bonds is 2.